The number of benzene rings is 1. The van der Waals surface area contributed by atoms with Gasteiger partial charge in [0.15, 0.2) is 0 Å². The summed E-state index contributed by atoms with van der Waals surface area (Å²) in [6.07, 6.45) is 0. The number of aromatic nitrogens is 2. The predicted molar refractivity (Wildman–Crippen MR) is 117 cm³/mol. The predicted octanol–water partition coefficient (Wildman–Crippen LogP) is 3.59. The number of rotatable bonds is 7. The van der Waals surface area contributed by atoms with E-state index in [0.717, 1.165) is 26.4 Å². The number of hydrogen-bond acceptors (Lipinski definition) is 6. The average Bonchev–Trinajstić information content (AvgIpc) is 2.62. The first kappa shape index (κ1) is 23.3. The fraction of sp³-hybridized carbons (Fsp3) is 0.450. The highest BCUT2D eigenvalue weighted by Crippen LogP contribution is 2.26. The summed E-state index contributed by atoms with van der Waals surface area (Å²) >= 11 is 1.35. The van der Waals surface area contributed by atoms with E-state index in [-0.39, 0.29) is 16.7 Å². The first-order valence-electron chi connectivity index (χ1n) is 9.28. The third-order valence-electron chi connectivity index (χ3n) is 4.28. The van der Waals surface area contributed by atoms with E-state index in [2.05, 4.69) is 15.3 Å². The third-order valence-corrected chi connectivity index (χ3v) is 7.11. The van der Waals surface area contributed by atoms with Crippen molar-refractivity contribution in [3.63, 3.8) is 0 Å². The lowest BCUT2D eigenvalue weighted by atomic mass is 10.2. The molecule has 0 spiro atoms. The number of hydrogen-bond donors (Lipinski definition) is 1. The van der Waals surface area contributed by atoms with E-state index in [1.807, 2.05) is 33.8 Å². The van der Waals surface area contributed by atoms with Crippen LogP contribution in [0.4, 0.5) is 5.69 Å². The lowest BCUT2D eigenvalue weighted by Gasteiger charge is -2.16. The van der Waals surface area contributed by atoms with Gasteiger partial charge < -0.3 is 5.32 Å². The Hall–Kier alpha value is -1.97. The fourth-order valence-electron chi connectivity index (χ4n) is 2.46. The van der Waals surface area contributed by atoms with Gasteiger partial charge in [0, 0.05) is 31.4 Å². The molecule has 1 N–H and O–H groups in total. The Bertz CT molecular complexity index is 1000. The Morgan fingerprint density at radius 2 is 1.76 bits per heavy atom. The number of nitrogens with one attached hydrogen (secondary N) is 1. The van der Waals surface area contributed by atoms with Crippen LogP contribution < -0.4 is 5.32 Å². The molecule has 1 unspecified atom stereocenters. The van der Waals surface area contributed by atoms with Gasteiger partial charge in [-0.15, -0.1) is 0 Å². The van der Waals surface area contributed by atoms with Crippen LogP contribution in [0.3, 0.4) is 0 Å². The second-order valence-electron chi connectivity index (χ2n) is 7.37. The number of carbonyl (C=O) groups is 1. The van der Waals surface area contributed by atoms with Gasteiger partial charge in [0.2, 0.25) is 15.9 Å². The van der Waals surface area contributed by atoms with Gasteiger partial charge in [0.05, 0.1) is 10.1 Å². The molecular weight excluding hydrogens is 408 g/mol. The minimum Gasteiger partial charge on any atom is -0.325 e. The van der Waals surface area contributed by atoms with Crippen LogP contribution in [-0.2, 0) is 14.8 Å². The molecule has 158 valence electrons. The highest BCUT2D eigenvalue weighted by Gasteiger charge is 2.21. The van der Waals surface area contributed by atoms with E-state index >= 15 is 0 Å². The van der Waals surface area contributed by atoms with Crippen molar-refractivity contribution < 1.29 is 13.2 Å². The van der Waals surface area contributed by atoms with Gasteiger partial charge in [-0.2, -0.15) is 0 Å². The van der Waals surface area contributed by atoms with Gasteiger partial charge in [-0.25, -0.2) is 22.7 Å². The number of anilines is 1. The number of amides is 1. The van der Waals surface area contributed by atoms with Crippen LogP contribution in [0.5, 0.6) is 0 Å². The van der Waals surface area contributed by atoms with Crippen molar-refractivity contribution in [1.82, 2.24) is 14.3 Å². The van der Waals surface area contributed by atoms with Gasteiger partial charge in [0.25, 0.3) is 0 Å². The molecule has 0 bridgehead atoms. The lowest BCUT2D eigenvalue weighted by Crippen LogP contribution is -2.24. The van der Waals surface area contributed by atoms with Crippen LogP contribution in [-0.4, -0.2) is 47.9 Å². The molecule has 0 saturated heterocycles. The minimum atomic E-state index is -3.58. The molecule has 0 radical (unpaired) electrons. The molecule has 0 fully saturated rings. The van der Waals surface area contributed by atoms with E-state index in [4.69, 9.17) is 0 Å². The molecule has 2 aromatic rings. The molecule has 0 aliphatic heterocycles. The van der Waals surface area contributed by atoms with Crippen LogP contribution in [0.25, 0.3) is 0 Å². The maximum atomic E-state index is 12.7. The molecule has 0 aliphatic carbocycles. The van der Waals surface area contributed by atoms with Crippen LogP contribution in [0.15, 0.2) is 34.2 Å². The summed E-state index contributed by atoms with van der Waals surface area (Å²) in [5.74, 6) is 0.722. The maximum absolute atomic E-state index is 12.7. The van der Waals surface area contributed by atoms with Gasteiger partial charge >= 0.3 is 0 Å². The average molecular weight is 437 g/mol. The Labute approximate surface area is 177 Å². The molecule has 7 nitrogen and oxygen atoms in total. The van der Waals surface area contributed by atoms with Crippen LogP contribution in [0, 0.1) is 13.8 Å². The molecule has 29 heavy (non-hydrogen) atoms. The molecule has 0 aliphatic rings. The van der Waals surface area contributed by atoms with Crippen molar-refractivity contribution in [3.8, 4) is 0 Å². The van der Waals surface area contributed by atoms with Gasteiger partial charge in [-0.1, -0.05) is 31.7 Å². The quantitative estimate of drug-likeness (QED) is 0.527. The molecule has 2 rings (SSSR count). The second-order valence-corrected chi connectivity index (χ2v) is 10.9. The number of carbonyl (C=O) groups excluding carboxylic acids is 1. The smallest absolute Gasteiger partial charge is 0.242 e. The molecular formula is C20H28N4O3S2. The highest BCUT2D eigenvalue weighted by molar-refractivity contribution is 8.00. The highest BCUT2D eigenvalue weighted by atomic mass is 32.2. The topological polar surface area (TPSA) is 92.3 Å². The summed E-state index contributed by atoms with van der Waals surface area (Å²) in [6.45, 7) is 9.57. The summed E-state index contributed by atoms with van der Waals surface area (Å²) < 4.78 is 25.9. The first-order valence-corrected chi connectivity index (χ1v) is 11.6. The summed E-state index contributed by atoms with van der Waals surface area (Å²) in [5.41, 5.74) is 2.12. The number of aryl methyl sites for hydroxylation is 2. The summed E-state index contributed by atoms with van der Waals surface area (Å²) in [6, 6.07) is 6.57. The molecule has 1 amide bonds. The Morgan fingerprint density at radius 1 is 1.10 bits per heavy atom. The molecule has 1 heterocycles. The molecule has 1 aromatic carbocycles. The Kier molecular flexibility index (Phi) is 7.42. The normalized spacial score (nSPS) is 13.0. The monoisotopic (exact) mass is 436 g/mol. The zero-order valence-corrected chi connectivity index (χ0v) is 19.5. The Balaban J connectivity index is 2.20. The number of sulfonamides is 1. The van der Waals surface area contributed by atoms with E-state index in [0.29, 0.717) is 5.69 Å². The van der Waals surface area contributed by atoms with Gasteiger partial charge in [-0.05, 0) is 44.5 Å². The van der Waals surface area contributed by atoms with E-state index < -0.39 is 15.3 Å². The van der Waals surface area contributed by atoms with Crippen LogP contribution in [0.2, 0.25) is 0 Å². The summed E-state index contributed by atoms with van der Waals surface area (Å²) in [5, 5.41) is 3.17. The van der Waals surface area contributed by atoms with Crippen LogP contribution in [0.1, 0.15) is 43.8 Å². The first-order chi connectivity index (χ1) is 13.4. The van der Waals surface area contributed by atoms with Crippen LogP contribution >= 0.6 is 11.8 Å². The SMILES string of the molecule is Cc1cc(SC(C)C(=O)Nc2cc(S(=O)(=O)N(C)C)ccc2C)nc(C(C)C)n1. The number of nitrogens with zero attached hydrogens (tertiary/aromatic N) is 3. The molecule has 1 atom stereocenters. The lowest BCUT2D eigenvalue weighted by molar-refractivity contribution is -0.115. The number of thioether (sulfide) groups is 1. The molecule has 1 aromatic heterocycles. The van der Waals surface area contributed by atoms with Gasteiger partial charge in [-0.3, -0.25) is 4.79 Å². The van der Waals surface area contributed by atoms with Crippen molar-refractivity contribution in [2.45, 2.75) is 55.7 Å². The fourth-order valence-corrected chi connectivity index (χ4v) is 4.30. The second kappa shape index (κ2) is 9.23. The van der Waals surface area contributed by atoms with Crippen molar-refractivity contribution in [1.29, 1.82) is 0 Å². The molecule has 9 heteroatoms. The van der Waals surface area contributed by atoms with Crippen molar-refractivity contribution >= 4 is 33.4 Å². The standard InChI is InChI=1S/C20H28N4O3S2/c1-12(2)19-21-14(4)10-18(23-19)28-15(5)20(25)22-17-11-16(9-8-13(17)3)29(26,27)24(6)7/h8-12,15H,1-7H3,(H,22,25). The zero-order valence-electron chi connectivity index (χ0n) is 17.8. The maximum Gasteiger partial charge on any atom is 0.242 e. The van der Waals surface area contributed by atoms with E-state index in [9.17, 15) is 13.2 Å². The van der Waals surface area contributed by atoms with E-state index in [1.165, 1.54) is 38.0 Å². The minimum absolute atomic E-state index is 0.136. The van der Waals surface area contributed by atoms with Crippen molar-refractivity contribution in [2.75, 3.05) is 19.4 Å². The van der Waals surface area contributed by atoms with Crippen molar-refractivity contribution in [3.05, 3.63) is 41.3 Å². The summed E-state index contributed by atoms with van der Waals surface area (Å²) in [4.78, 5) is 21.8. The zero-order chi connectivity index (χ0) is 21.9. The summed E-state index contributed by atoms with van der Waals surface area (Å²) in [7, 11) is -0.632. The molecule has 0 saturated carbocycles. The third kappa shape index (κ3) is 5.77. The largest absolute Gasteiger partial charge is 0.325 e. The van der Waals surface area contributed by atoms with Gasteiger partial charge in [0.1, 0.15) is 10.9 Å². The Morgan fingerprint density at radius 3 is 2.34 bits per heavy atom. The van der Waals surface area contributed by atoms with Crippen molar-refractivity contribution in [2.24, 2.45) is 0 Å². The van der Waals surface area contributed by atoms with E-state index in [1.54, 1.807) is 13.0 Å².